The number of rotatable bonds is 4. The van der Waals surface area contributed by atoms with E-state index in [4.69, 9.17) is 10.00 Å². The molecular formula is C9H15NOS. The quantitative estimate of drug-likeness (QED) is 0.673. The predicted molar refractivity (Wildman–Crippen MR) is 51.1 cm³/mol. The van der Waals surface area contributed by atoms with Gasteiger partial charge in [0.15, 0.2) is 0 Å². The number of ether oxygens (including phenoxy) is 1. The zero-order valence-corrected chi connectivity index (χ0v) is 8.27. The smallest absolute Gasteiger partial charge is 0.0666 e. The van der Waals surface area contributed by atoms with Crippen molar-refractivity contribution in [1.82, 2.24) is 0 Å². The molecule has 1 aliphatic rings. The molecule has 0 aromatic rings. The van der Waals surface area contributed by atoms with Gasteiger partial charge in [0.2, 0.25) is 0 Å². The first-order valence-corrected chi connectivity index (χ1v) is 5.48. The third kappa shape index (κ3) is 3.46. The molecule has 12 heavy (non-hydrogen) atoms. The van der Waals surface area contributed by atoms with Crippen molar-refractivity contribution in [2.24, 2.45) is 0 Å². The van der Waals surface area contributed by atoms with Gasteiger partial charge >= 0.3 is 0 Å². The van der Waals surface area contributed by atoms with E-state index in [1.165, 1.54) is 12.8 Å². The maximum atomic E-state index is 8.43. The van der Waals surface area contributed by atoms with Gasteiger partial charge in [-0.3, -0.25) is 0 Å². The van der Waals surface area contributed by atoms with Crippen LogP contribution in [0.3, 0.4) is 0 Å². The van der Waals surface area contributed by atoms with Crippen LogP contribution in [0.25, 0.3) is 0 Å². The molecule has 0 N–H and O–H groups in total. The van der Waals surface area contributed by atoms with Crippen molar-refractivity contribution in [1.29, 1.82) is 5.26 Å². The Balaban J connectivity index is 2.04. The molecule has 2 unspecified atom stereocenters. The summed E-state index contributed by atoms with van der Waals surface area (Å²) in [6.07, 6.45) is 3.51. The van der Waals surface area contributed by atoms with E-state index in [0.717, 1.165) is 12.4 Å². The predicted octanol–water partition coefficient (Wildman–Crippen LogP) is 2.20. The largest absolute Gasteiger partial charge is 0.377 e. The fourth-order valence-electron chi connectivity index (χ4n) is 1.23. The molecule has 1 rings (SSSR count). The van der Waals surface area contributed by atoms with E-state index < -0.39 is 0 Å². The minimum atomic E-state index is 0.455. The highest BCUT2D eigenvalue weighted by molar-refractivity contribution is 7.99. The summed E-state index contributed by atoms with van der Waals surface area (Å²) in [5, 5.41) is 8.89. The lowest BCUT2D eigenvalue weighted by Crippen LogP contribution is -2.10. The second-order valence-corrected chi connectivity index (χ2v) is 4.61. The van der Waals surface area contributed by atoms with Gasteiger partial charge in [-0.25, -0.2) is 0 Å². The van der Waals surface area contributed by atoms with Crippen LogP contribution >= 0.6 is 11.8 Å². The molecule has 0 aromatic carbocycles. The van der Waals surface area contributed by atoms with Gasteiger partial charge in [0.1, 0.15) is 0 Å². The van der Waals surface area contributed by atoms with Gasteiger partial charge in [0, 0.05) is 24.0 Å². The Kier molecular flexibility index (Phi) is 4.49. The summed E-state index contributed by atoms with van der Waals surface area (Å²) in [4.78, 5) is 0. The second-order valence-electron chi connectivity index (χ2n) is 3.14. The molecule has 2 atom stereocenters. The van der Waals surface area contributed by atoms with Crippen molar-refractivity contribution >= 4 is 11.8 Å². The van der Waals surface area contributed by atoms with Gasteiger partial charge in [0.05, 0.1) is 12.2 Å². The maximum Gasteiger partial charge on any atom is 0.0666 e. The normalized spacial score (nSPS) is 25.2. The molecule has 0 radical (unpaired) electrons. The minimum Gasteiger partial charge on any atom is -0.377 e. The molecule has 0 aromatic heterocycles. The summed E-state index contributed by atoms with van der Waals surface area (Å²) in [5.41, 5.74) is 0. The molecule has 1 aliphatic heterocycles. The molecule has 0 bridgehead atoms. The van der Waals surface area contributed by atoms with Crippen molar-refractivity contribution < 1.29 is 4.74 Å². The lowest BCUT2D eigenvalue weighted by molar-refractivity contribution is 0.129. The molecule has 68 valence electrons. The molecule has 0 spiro atoms. The van der Waals surface area contributed by atoms with E-state index in [0.29, 0.717) is 17.8 Å². The van der Waals surface area contributed by atoms with Crippen LogP contribution in [-0.4, -0.2) is 23.7 Å². The second kappa shape index (κ2) is 5.45. The van der Waals surface area contributed by atoms with Crippen LogP contribution in [0.4, 0.5) is 0 Å². The maximum absolute atomic E-state index is 8.43. The van der Waals surface area contributed by atoms with Crippen LogP contribution < -0.4 is 0 Å². The highest BCUT2D eigenvalue weighted by Gasteiger charge is 2.16. The van der Waals surface area contributed by atoms with Gasteiger partial charge in [0.25, 0.3) is 0 Å². The van der Waals surface area contributed by atoms with E-state index >= 15 is 0 Å². The standard InChI is InChI=1S/C9H15NOS/c1-8(4-5-10)12-7-9-3-2-6-11-9/h8-9H,2-4,6-7H2,1H3. The summed E-state index contributed by atoms with van der Waals surface area (Å²) in [6, 6.07) is 2.18. The summed E-state index contributed by atoms with van der Waals surface area (Å²) < 4.78 is 5.48. The van der Waals surface area contributed by atoms with E-state index in [1.807, 2.05) is 11.8 Å². The van der Waals surface area contributed by atoms with E-state index in [2.05, 4.69) is 13.0 Å². The Bertz CT molecular complexity index is 160. The number of nitriles is 1. The third-order valence-electron chi connectivity index (χ3n) is 1.97. The SMILES string of the molecule is CC(CC#N)SCC1CCCO1. The fraction of sp³-hybridized carbons (Fsp3) is 0.889. The van der Waals surface area contributed by atoms with Crippen LogP contribution in [0.15, 0.2) is 0 Å². The molecular weight excluding hydrogens is 170 g/mol. The van der Waals surface area contributed by atoms with E-state index in [-0.39, 0.29) is 0 Å². The van der Waals surface area contributed by atoms with Crippen LogP contribution in [0.5, 0.6) is 0 Å². The average molecular weight is 185 g/mol. The Labute approximate surface area is 78.3 Å². The summed E-state index contributed by atoms with van der Waals surface area (Å²) in [5.74, 6) is 1.06. The molecule has 3 heteroatoms. The number of thioether (sulfide) groups is 1. The summed E-state index contributed by atoms with van der Waals surface area (Å²) in [7, 11) is 0. The van der Waals surface area contributed by atoms with E-state index in [9.17, 15) is 0 Å². The Morgan fingerprint density at radius 3 is 3.17 bits per heavy atom. The van der Waals surface area contributed by atoms with Crippen LogP contribution in [-0.2, 0) is 4.74 Å². The third-order valence-corrected chi connectivity index (χ3v) is 3.27. The first-order chi connectivity index (χ1) is 5.83. The fourth-order valence-corrected chi connectivity index (χ4v) is 2.23. The average Bonchev–Trinajstić information content (AvgIpc) is 2.53. The topological polar surface area (TPSA) is 33.0 Å². The number of hydrogen-bond donors (Lipinski definition) is 0. The zero-order chi connectivity index (χ0) is 8.81. The summed E-state index contributed by atoms with van der Waals surface area (Å²) in [6.45, 7) is 3.03. The Morgan fingerprint density at radius 1 is 1.75 bits per heavy atom. The molecule has 1 saturated heterocycles. The molecule has 2 nitrogen and oxygen atoms in total. The molecule has 1 fully saturated rings. The molecule has 0 amide bonds. The monoisotopic (exact) mass is 185 g/mol. The van der Waals surface area contributed by atoms with Crippen molar-refractivity contribution in [3.05, 3.63) is 0 Å². The lowest BCUT2D eigenvalue weighted by atomic mass is 10.3. The molecule has 1 heterocycles. The van der Waals surface area contributed by atoms with Crippen molar-refractivity contribution in [3.8, 4) is 6.07 Å². The Hall–Kier alpha value is -0.200. The van der Waals surface area contributed by atoms with Gasteiger partial charge in [-0.2, -0.15) is 17.0 Å². The highest BCUT2D eigenvalue weighted by Crippen LogP contribution is 2.21. The highest BCUT2D eigenvalue weighted by atomic mass is 32.2. The first-order valence-electron chi connectivity index (χ1n) is 4.43. The number of nitrogens with zero attached hydrogens (tertiary/aromatic N) is 1. The van der Waals surface area contributed by atoms with Gasteiger partial charge in [-0.15, -0.1) is 0 Å². The minimum absolute atomic E-state index is 0.455. The lowest BCUT2D eigenvalue weighted by Gasteiger charge is -2.11. The van der Waals surface area contributed by atoms with Crippen molar-refractivity contribution in [3.63, 3.8) is 0 Å². The van der Waals surface area contributed by atoms with Crippen molar-refractivity contribution in [2.75, 3.05) is 12.4 Å². The van der Waals surface area contributed by atoms with Gasteiger partial charge < -0.3 is 4.74 Å². The summed E-state index contributed by atoms with van der Waals surface area (Å²) >= 11 is 1.85. The van der Waals surface area contributed by atoms with Crippen LogP contribution in [0, 0.1) is 11.3 Å². The van der Waals surface area contributed by atoms with Crippen LogP contribution in [0.1, 0.15) is 26.2 Å². The first kappa shape index (κ1) is 9.88. The zero-order valence-electron chi connectivity index (χ0n) is 7.45. The van der Waals surface area contributed by atoms with Crippen molar-refractivity contribution in [2.45, 2.75) is 37.5 Å². The van der Waals surface area contributed by atoms with Gasteiger partial charge in [-0.05, 0) is 12.8 Å². The molecule has 0 saturated carbocycles. The van der Waals surface area contributed by atoms with E-state index in [1.54, 1.807) is 0 Å². The number of hydrogen-bond acceptors (Lipinski definition) is 3. The van der Waals surface area contributed by atoms with Crippen LogP contribution in [0.2, 0.25) is 0 Å². The van der Waals surface area contributed by atoms with Gasteiger partial charge in [-0.1, -0.05) is 6.92 Å². The Morgan fingerprint density at radius 2 is 2.58 bits per heavy atom. The molecule has 0 aliphatic carbocycles.